The van der Waals surface area contributed by atoms with E-state index in [0.717, 1.165) is 19.5 Å². The lowest BCUT2D eigenvalue weighted by molar-refractivity contribution is 0.0949. The topological polar surface area (TPSA) is 78.5 Å². The van der Waals surface area contributed by atoms with Gasteiger partial charge in [0.05, 0.1) is 4.90 Å². The predicted molar refractivity (Wildman–Crippen MR) is 111 cm³/mol. The standard InChI is InChI=1S/C21H27N3O3S/c1-24-15-12-17(13-16-24)11-14-22-21(25)18-7-9-20(10-8-18)28(26,27)23-19-5-3-2-4-6-19/h2-10,17,23H,11-16H2,1H3,(H,22,25). The van der Waals surface area contributed by atoms with Crippen LogP contribution in [-0.2, 0) is 10.0 Å². The molecule has 0 bridgehead atoms. The molecule has 1 heterocycles. The van der Waals surface area contributed by atoms with Gasteiger partial charge < -0.3 is 10.2 Å². The van der Waals surface area contributed by atoms with Gasteiger partial charge in [-0.1, -0.05) is 18.2 Å². The molecule has 0 aromatic heterocycles. The van der Waals surface area contributed by atoms with E-state index in [-0.39, 0.29) is 10.8 Å². The summed E-state index contributed by atoms with van der Waals surface area (Å²) in [5.74, 6) is 0.487. The molecule has 0 radical (unpaired) electrons. The van der Waals surface area contributed by atoms with Gasteiger partial charge in [-0.15, -0.1) is 0 Å². The lowest BCUT2D eigenvalue weighted by Crippen LogP contribution is -2.32. The molecule has 2 N–H and O–H groups in total. The zero-order chi connectivity index (χ0) is 20.0. The van der Waals surface area contributed by atoms with Crippen LogP contribution in [-0.4, -0.2) is 45.9 Å². The van der Waals surface area contributed by atoms with Crippen LogP contribution in [0.25, 0.3) is 0 Å². The second kappa shape index (κ2) is 9.21. The SMILES string of the molecule is CN1CCC(CCNC(=O)c2ccc(S(=O)(=O)Nc3ccccc3)cc2)CC1. The van der Waals surface area contributed by atoms with Gasteiger partial charge >= 0.3 is 0 Å². The molecule has 1 amide bonds. The van der Waals surface area contributed by atoms with Crippen LogP contribution in [0.3, 0.4) is 0 Å². The fourth-order valence-corrected chi connectivity index (χ4v) is 4.41. The van der Waals surface area contributed by atoms with E-state index in [9.17, 15) is 13.2 Å². The molecule has 28 heavy (non-hydrogen) atoms. The van der Waals surface area contributed by atoms with Gasteiger partial charge in [-0.25, -0.2) is 8.42 Å². The Hall–Kier alpha value is -2.38. The van der Waals surface area contributed by atoms with Crippen molar-refractivity contribution in [3.63, 3.8) is 0 Å². The molecule has 0 atom stereocenters. The van der Waals surface area contributed by atoms with Crippen LogP contribution in [0.15, 0.2) is 59.5 Å². The molecule has 7 heteroatoms. The molecule has 2 aromatic rings. The van der Waals surface area contributed by atoms with E-state index in [4.69, 9.17) is 0 Å². The van der Waals surface area contributed by atoms with Crippen LogP contribution in [0.5, 0.6) is 0 Å². The molecular weight excluding hydrogens is 374 g/mol. The number of piperidine rings is 1. The summed E-state index contributed by atoms with van der Waals surface area (Å²) < 4.78 is 27.4. The van der Waals surface area contributed by atoms with E-state index in [2.05, 4.69) is 22.0 Å². The van der Waals surface area contributed by atoms with Gasteiger partial charge in [0.25, 0.3) is 15.9 Å². The van der Waals surface area contributed by atoms with Crippen molar-refractivity contribution in [2.24, 2.45) is 5.92 Å². The summed E-state index contributed by atoms with van der Waals surface area (Å²) in [6, 6.07) is 14.7. The maximum Gasteiger partial charge on any atom is 0.261 e. The number of amides is 1. The number of likely N-dealkylation sites (tertiary alicyclic amines) is 1. The molecule has 0 unspecified atom stereocenters. The number of para-hydroxylation sites is 1. The van der Waals surface area contributed by atoms with Gasteiger partial charge in [-0.05, 0) is 81.7 Å². The molecule has 6 nitrogen and oxygen atoms in total. The molecule has 0 spiro atoms. The molecule has 1 fully saturated rings. The maximum atomic E-state index is 12.4. The minimum absolute atomic E-state index is 0.124. The second-order valence-corrected chi connectivity index (χ2v) is 8.97. The Morgan fingerprint density at radius 1 is 1.04 bits per heavy atom. The van der Waals surface area contributed by atoms with Gasteiger partial charge in [-0.2, -0.15) is 0 Å². The third-order valence-electron chi connectivity index (χ3n) is 5.13. The molecule has 0 aliphatic carbocycles. The Bertz CT molecular complexity index is 875. The van der Waals surface area contributed by atoms with Gasteiger partial charge in [0.15, 0.2) is 0 Å². The lowest BCUT2D eigenvalue weighted by Gasteiger charge is -2.28. The Labute approximate surface area is 167 Å². The van der Waals surface area contributed by atoms with E-state index in [0.29, 0.717) is 23.7 Å². The summed E-state index contributed by atoms with van der Waals surface area (Å²) in [4.78, 5) is 14.8. The van der Waals surface area contributed by atoms with Crippen molar-refractivity contribution in [3.8, 4) is 0 Å². The highest BCUT2D eigenvalue weighted by molar-refractivity contribution is 7.92. The van der Waals surface area contributed by atoms with Crippen molar-refractivity contribution >= 4 is 21.6 Å². The third kappa shape index (κ3) is 5.56. The predicted octanol–water partition coefficient (Wildman–Crippen LogP) is 2.95. The second-order valence-electron chi connectivity index (χ2n) is 7.29. The lowest BCUT2D eigenvalue weighted by atomic mass is 9.94. The zero-order valence-corrected chi connectivity index (χ0v) is 16.9. The number of sulfonamides is 1. The van der Waals surface area contributed by atoms with Crippen LogP contribution in [0.4, 0.5) is 5.69 Å². The highest BCUT2D eigenvalue weighted by Gasteiger charge is 2.17. The van der Waals surface area contributed by atoms with Gasteiger partial charge in [0.1, 0.15) is 0 Å². The summed E-state index contributed by atoms with van der Waals surface area (Å²) in [6.07, 6.45) is 3.33. The fourth-order valence-electron chi connectivity index (χ4n) is 3.35. The molecule has 1 aliphatic rings. The van der Waals surface area contributed by atoms with Crippen molar-refractivity contribution < 1.29 is 13.2 Å². The van der Waals surface area contributed by atoms with Crippen molar-refractivity contribution in [1.29, 1.82) is 0 Å². The Balaban J connectivity index is 1.52. The van der Waals surface area contributed by atoms with Crippen LogP contribution in [0.1, 0.15) is 29.6 Å². The van der Waals surface area contributed by atoms with Crippen LogP contribution in [0, 0.1) is 5.92 Å². The van der Waals surface area contributed by atoms with Crippen molar-refractivity contribution in [3.05, 3.63) is 60.2 Å². The molecule has 3 rings (SSSR count). The van der Waals surface area contributed by atoms with Gasteiger partial charge in [0, 0.05) is 17.8 Å². The summed E-state index contributed by atoms with van der Waals surface area (Å²) in [6.45, 7) is 2.87. The largest absolute Gasteiger partial charge is 0.352 e. The number of hydrogen-bond donors (Lipinski definition) is 2. The average molecular weight is 402 g/mol. The van der Waals surface area contributed by atoms with Crippen LogP contribution < -0.4 is 10.0 Å². The van der Waals surface area contributed by atoms with Crippen molar-refractivity contribution in [2.75, 3.05) is 31.4 Å². The quantitative estimate of drug-likeness (QED) is 0.748. The number of carbonyl (C=O) groups is 1. The number of benzene rings is 2. The third-order valence-corrected chi connectivity index (χ3v) is 6.53. The maximum absolute atomic E-state index is 12.4. The summed E-state index contributed by atoms with van der Waals surface area (Å²) >= 11 is 0. The summed E-state index contributed by atoms with van der Waals surface area (Å²) in [7, 11) is -1.54. The average Bonchev–Trinajstić information content (AvgIpc) is 2.70. The van der Waals surface area contributed by atoms with E-state index in [1.165, 1.54) is 25.0 Å². The Kier molecular flexibility index (Phi) is 6.70. The monoisotopic (exact) mass is 401 g/mol. The number of hydrogen-bond acceptors (Lipinski definition) is 4. The number of nitrogens with zero attached hydrogens (tertiary/aromatic N) is 1. The summed E-state index contributed by atoms with van der Waals surface area (Å²) in [5, 5.41) is 2.94. The molecule has 0 saturated carbocycles. The first-order valence-electron chi connectivity index (χ1n) is 9.59. The first-order chi connectivity index (χ1) is 13.4. The first-order valence-corrected chi connectivity index (χ1v) is 11.1. The smallest absolute Gasteiger partial charge is 0.261 e. The summed E-state index contributed by atoms with van der Waals surface area (Å²) in [5.41, 5.74) is 0.959. The molecule has 2 aromatic carbocycles. The van der Waals surface area contributed by atoms with Crippen LogP contribution in [0.2, 0.25) is 0 Å². The highest BCUT2D eigenvalue weighted by atomic mass is 32.2. The molecule has 1 aliphatic heterocycles. The fraction of sp³-hybridized carbons (Fsp3) is 0.381. The van der Waals surface area contributed by atoms with Crippen molar-refractivity contribution in [1.82, 2.24) is 10.2 Å². The van der Waals surface area contributed by atoms with E-state index in [1.807, 2.05) is 6.07 Å². The number of anilines is 1. The molecule has 1 saturated heterocycles. The minimum atomic E-state index is -3.68. The Morgan fingerprint density at radius 3 is 2.32 bits per heavy atom. The normalized spacial score (nSPS) is 15.9. The number of rotatable bonds is 7. The highest BCUT2D eigenvalue weighted by Crippen LogP contribution is 2.19. The number of carbonyl (C=O) groups excluding carboxylic acids is 1. The Morgan fingerprint density at radius 2 is 1.68 bits per heavy atom. The van der Waals surface area contributed by atoms with Gasteiger partial charge in [0.2, 0.25) is 0 Å². The number of nitrogens with one attached hydrogen (secondary N) is 2. The van der Waals surface area contributed by atoms with E-state index in [1.54, 1.807) is 36.4 Å². The zero-order valence-electron chi connectivity index (χ0n) is 16.1. The molecular formula is C21H27N3O3S. The van der Waals surface area contributed by atoms with Crippen molar-refractivity contribution in [2.45, 2.75) is 24.2 Å². The van der Waals surface area contributed by atoms with E-state index < -0.39 is 10.0 Å². The molecule has 150 valence electrons. The first kappa shape index (κ1) is 20.4. The van der Waals surface area contributed by atoms with Gasteiger partial charge in [-0.3, -0.25) is 9.52 Å². The van der Waals surface area contributed by atoms with Crippen LogP contribution >= 0.6 is 0 Å². The van der Waals surface area contributed by atoms with E-state index >= 15 is 0 Å². The minimum Gasteiger partial charge on any atom is -0.352 e.